The first-order valence-electron chi connectivity index (χ1n) is 6.78. The topological polar surface area (TPSA) is 81.7 Å². The number of aromatic carboxylic acids is 1. The van der Waals surface area contributed by atoms with Crippen LogP contribution in [-0.2, 0) is 0 Å². The third-order valence-corrected chi connectivity index (χ3v) is 3.40. The highest BCUT2D eigenvalue weighted by Gasteiger charge is 2.10. The fraction of sp³-hybridized carbons (Fsp3) is 0.429. The van der Waals surface area contributed by atoms with Crippen molar-refractivity contribution in [3.63, 3.8) is 0 Å². The molecule has 0 atom stereocenters. The van der Waals surface area contributed by atoms with Crippen LogP contribution >= 0.6 is 11.6 Å². The SMILES string of the molecule is CCN(CC)CCNC(=O)Nc1cc(C(=O)O)ccc1Cl. The highest BCUT2D eigenvalue weighted by atomic mass is 35.5. The van der Waals surface area contributed by atoms with E-state index in [-0.39, 0.29) is 11.3 Å². The molecule has 0 bridgehead atoms. The molecule has 0 fully saturated rings. The molecule has 1 aromatic rings. The molecular weight excluding hydrogens is 294 g/mol. The normalized spacial score (nSPS) is 10.5. The quantitative estimate of drug-likeness (QED) is 0.722. The average Bonchev–Trinajstić information content (AvgIpc) is 2.45. The molecule has 2 amide bonds. The van der Waals surface area contributed by atoms with Crippen molar-refractivity contribution in [3.05, 3.63) is 28.8 Å². The largest absolute Gasteiger partial charge is 0.478 e. The summed E-state index contributed by atoms with van der Waals surface area (Å²) in [5.74, 6) is -1.07. The Morgan fingerprint density at radius 3 is 2.52 bits per heavy atom. The van der Waals surface area contributed by atoms with Crippen molar-refractivity contribution in [2.24, 2.45) is 0 Å². The second-order valence-corrected chi connectivity index (χ2v) is 4.81. The number of benzene rings is 1. The Labute approximate surface area is 129 Å². The zero-order chi connectivity index (χ0) is 15.8. The Morgan fingerprint density at radius 1 is 1.29 bits per heavy atom. The molecule has 0 heterocycles. The van der Waals surface area contributed by atoms with Gasteiger partial charge in [0.15, 0.2) is 0 Å². The molecule has 1 aromatic carbocycles. The zero-order valence-corrected chi connectivity index (χ0v) is 12.9. The third kappa shape index (κ3) is 5.61. The van der Waals surface area contributed by atoms with Crippen molar-refractivity contribution < 1.29 is 14.7 Å². The highest BCUT2D eigenvalue weighted by Crippen LogP contribution is 2.22. The fourth-order valence-corrected chi connectivity index (χ4v) is 1.95. The number of carboxylic acids is 1. The number of halogens is 1. The van der Waals surface area contributed by atoms with Gasteiger partial charge in [0.05, 0.1) is 16.3 Å². The molecular formula is C14H20ClN3O3. The summed E-state index contributed by atoms with van der Waals surface area (Å²) in [5, 5.41) is 14.5. The molecule has 1 rings (SSSR count). The lowest BCUT2D eigenvalue weighted by Crippen LogP contribution is -2.36. The number of rotatable bonds is 7. The van der Waals surface area contributed by atoms with Crippen LogP contribution in [0.2, 0.25) is 5.02 Å². The van der Waals surface area contributed by atoms with Gasteiger partial charge in [0.25, 0.3) is 0 Å². The van der Waals surface area contributed by atoms with Crippen molar-refractivity contribution in [1.82, 2.24) is 10.2 Å². The molecule has 0 spiro atoms. The van der Waals surface area contributed by atoms with Gasteiger partial charge in [-0.1, -0.05) is 25.4 Å². The van der Waals surface area contributed by atoms with Gasteiger partial charge in [-0.15, -0.1) is 0 Å². The minimum absolute atomic E-state index is 0.0674. The van der Waals surface area contributed by atoms with Crippen molar-refractivity contribution in [2.45, 2.75) is 13.8 Å². The van der Waals surface area contributed by atoms with E-state index in [1.165, 1.54) is 18.2 Å². The maximum absolute atomic E-state index is 11.8. The lowest BCUT2D eigenvalue weighted by Gasteiger charge is -2.18. The maximum Gasteiger partial charge on any atom is 0.335 e. The van der Waals surface area contributed by atoms with Gasteiger partial charge < -0.3 is 20.6 Å². The van der Waals surface area contributed by atoms with E-state index in [1.807, 2.05) is 0 Å². The number of carbonyl (C=O) groups is 2. The highest BCUT2D eigenvalue weighted by molar-refractivity contribution is 6.33. The maximum atomic E-state index is 11.8. The predicted molar refractivity (Wildman–Crippen MR) is 83.2 cm³/mol. The summed E-state index contributed by atoms with van der Waals surface area (Å²) in [6, 6.07) is 3.74. The molecule has 0 aliphatic heterocycles. The smallest absolute Gasteiger partial charge is 0.335 e. The number of hydrogen-bond acceptors (Lipinski definition) is 3. The average molecular weight is 314 g/mol. The van der Waals surface area contributed by atoms with Gasteiger partial charge in [-0.2, -0.15) is 0 Å². The molecule has 0 saturated carbocycles. The molecule has 3 N–H and O–H groups in total. The predicted octanol–water partition coefficient (Wildman–Crippen LogP) is 2.50. The van der Waals surface area contributed by atoms with Gasteiger partial charge in [-0.3, -0.25) is 0 Å². The summed E-state index contributed by atoms with van der Waals surface area (Å²) in [6.07, 6.45) is 0. The van der Waals surface area contributed by atoms with E-state index in [4.69, 9.17) is 16.7 Å². The first-order chi connectivity index (χ1) is 9.97. The van der Waals surface area contributed by atoms with Crippen LogP contribution < -0.4 is 10.6 Å². The van der Waals surface area contributed by atoms with Crippen LogP contribution in [0.15, 0.2) is 18.2 Å². The number of likely N-dealkylation sites (N-methyl/N-ethyl adjacent to an activating group) is 1. The van der Waals surface area contributed by atoms with E-state index in [9.17, 15) is 9.59 Å². The van der Waals surface area contributed by atoms with Crippen LogP contribution in [0.5, 0.6) is 0 Å². The van der Waals surface area contributed by atoms with Gasteiger partial charge in [-0.05, 0) is 31.3 Å². The summed E-state index contributed by atoms with van der Waals surface area (Å²) in [5.41, 5.74) is 0.342. The lowest BCUT2D eigenvalue weighted by molar-refractivity contribution is 0.0697. The Hall–Kier alpha value is -1.79. The van der Waals surface area contributed by atoms with Gasteiger partial charge in [-0.25, -0.2) is 9.59 Å². The molecule has 0 aliphatic rings. The summed E-state index contributed by atoms with van der Waals surface area (Å²) >= 11 is 5.93. The number of amides is 2. The van der Waals surface area contributed by atoms with Crippen LogP contribution in [0.3, 0.4) is 0 Å². The standard InChI is InChI=1S/C14H20ClN3O3/c1-3-18(4-2)8-7-16-14(21)17-12-9-10(13(19)20)5-6-11(12)15/h5-6,9H,3-4,7-8H2,1-2H3,(H,19,20)(H2,16,17,21). The molecule has 116 valence electrons. The Balaban J connectivity index is 2.55. The zero-order valence-electron chi connectivity index (χ0n) is 12.1. The Kier molecular flexibility index (Phi) is 6.98. The number of nitrogens with one attached hydrogen (secondary N) is 2. The van der Waals surface area contributed by atoms with Crippen LogP contribution in [0, 0.1) is 0 Å². The van der Waals surface area contributed by atoms with Gasteiger partial charge in [0.2, 0.25) is 0 Å². The van der Waals surface area contributed by atoms with E-state index in [2.05, 4.69) is 29.4 Å². The van der Waals surface area contributed by atoms with E-state index in [0.29, 0.717) is 11.6 Å². The molecule has 0 saturated heterocycles. The van der Waals surface area contributed by atoms with Gasteiger partial charge >= 0.3 is 12.0 Å². The lowest BCUT2D eigenvalue weighted by atomic mass is 10.2. The number of urea groups is 1. The fourth-order valence-electron chi connectivity index (χ4n) is 1.79. The minimum Gasteiger partial charge on any atom is -0.478 e. The van der Waals surface area contributed by atoms with Crippen molar-refractivity contribution in [2.75, 3.05) is 31.5 Å². The first kappa shape index (κ1) is 17.3. The summed E-state index contributed by atoms with van der Waals surface area (Å²) in [6.45, 7) is 7.22. The van der Waals surface area contributed by atoms with Crippen LogP contribution in [0.4, 0.5) is 10.5 Å². The first-order valence-corrected chi connectivity index (χ1v) is 7.15. The number of carbonyl (C=O) groups excluding carboxylic acids is 1. The molecule has 0 aromatic heterocycles. The number of hydrogen-bond donors (Lipinski definition) is 3. The second kappa shape index (κ2) is 8.49. The molecule has 0 aliphatic carbocycles. The molecule has 6 nitrogen and oxygen atoms in total. The van der Waals surface area contributed by atoms with Crippen molar-refractivity contribution in [1.29, 1.82) is 0 Å². The number of nitrogens with zero attached hydrogens (tertiary/aromatic N) is 1. The van der Waals surface area contributed by atoms with Gasteiger partial charge in [0.1, 0.15) is 0 Å². The Bertz CT molecular complexity index is 504. The molecule has 0 radical (unpaired) electrons. The molecule has 0 unspecified atom stereocenters. The summed E-state index contributed by atoms with van der Waals surface area (Å²) < 4.78 is 0. The monoisotopic (exact) mass is 313 g/mol. The summed E-state index contributed by atoms with van der Waals surface area (Å²) in [4.78, 5) is 24.8. The van der Waals surface area contributed by atoms with Crippen molar-refractivity contribution in [3.8, 4) is 0 Å². The molecule has 21 heavy (non-hydrogen) atoms. The van der Waals surface area contributed by atoms with E-state index < -0.39 is 12.0 Å². The molecule has 7 heteroatoms. The van der Waals surface area contributed by atoms with E-state index in [0.717, 1.165) is 19.6 Å². The van der Waals surface area contributed by atoms with Crippen LogP contribution in [0.25, 0.3) is 0 Å². The number of anilines is 1. The van der Waals surface area contributed by atoms with E-state index in [1.54, 1.807) is 0 Å². The van der Waals surface area contributed by atoms with Crippen molar-refractivity contribution >= 4 is 29.3 Å². The minimum atomic E-state index is -1.07. The number of carboxylic acid groups (broad SMARTS) is 1. The van der Waals surface area contributed by atoms with Gasteiger partial charge in [0, 0.05) is 13.1 Å². The van der Waals surface area contributed by atoms with Crippen LogP contribution in [-0.4, -0.2) is 48.2 Å². The van der Waals surface area contributed by atoms with E-state index >= 15 is 0 Å². The Morgan fingerprint density at radius 2 is 1.95 bits per heavy atom. The van der Waals surface area contributed by atoms with Crippen LogP contribution in [0.1, 0.15) is 24.2 Å². The second-order valence-electron chi connectivity index (χ2n) is 4.41. The summed E-state index contributed by atoms with van der Waals surface area (Å²) in [7, 11) is 0. The third-order valence-electron chi connectivity index (χ3n) is 3.07.